The van der Waals surface area contributed by atoms with E-state index in [-0.39, 0.29) is 23.2 Å². The lowest BCUT2D eigenvalue weighted by Crippen LogP contribution is -2.07. The van der Waals surface area contributed by atoms with Crippen molar-refractivity contribution in [1.82, 2.24) is 9.78 Å². The predicted molar refractivity (Wildman–Crippen MR) is 66.2 cm³/mol. The molecule has 6 heteroatoms. The van der Waals surface area contributed by atoms with E-state index in [2.05, 4.69) is 11.0 Å². The van der Waals surface area contributed by atoms with Gasteiger partial charge in [-0.1, -0.05) is 12.0 Å². The summed E-state index contributed by atoms with van der Waals surface area (Å²) in [7, 11) is 0. The highest BCUT2D eigenvalue weighted by molar-refractivity contribution is 5.68. The average molecular weight is 275 g/mol. The van der Waals surface area contributed by atoms with Gasteiger partial charge < -0.3 is 0 Å². The van der Waals surface area contributed by atoms with Crippen molar-refractivity contribution in [3.05, 3.63) is 41.7 Å². The second-order valence-corrected chi connectivity index (χ2v) is 3.99. The summed E-state index contributed by atoms with van der Waals surface area (Å²) >= 11 is 0. The fraction of sp³-hybridized carbons (Fsp3) is 0.143. The number of nitriles is 1. The molecule has 0 aliphatic rings. The largest absolute Gasteiger partial charge is 0.417 e. The van der Waals surface area contributed by atoms with Gasteiger partial charge in [-0.3, -0.25) is 4.68 Å². The van der Waals surface area contributed by atoms with E-state index in [4.69, 9.17) is 11.7 Å². The van der Waals surface area contributed by atoms with Gasteiger partial charge in [-0.25, -0.2) is 0 Å². The molecule has 0 saturated carbocycles. The van der Waals surface area contributed by atoms with Crippen molar-refractivity contribution in [2.24, 2.45) is 0 Å². The van der Waals surface area contributed by atoms with Crippen molar-refractivity contribution in [3.63, 3.8) is 0 Å². The lowest BCUT2D eigenvalue weighted by Gasteiger charge is -2.12. The summed E-state index contributed by atoms with van der Waals surface area (Å²) in [5.41, 5.74) is -0.383. The van der Waals surface area contributed by atoms with Crippen LogP contribution in [-0.2, 0) is 12.7 Å². The SMILES string of the molecule is C#Cc1ccc(-c2cnn(CC#N)c2)c(C(F)(F)F)c1. The van der Waals surface area contributed by atoms with Crippen LogP contribution in [0.2, 0.25) is 0 Å². The molecule has 0 unspecified atom stereocenters. The molecule has 1 aromatic heterocycles. The summed E-state index contributed by atoms with van der Waals surface area (Å²) in [5, 5.41) is 12.4. The molecule has 0 atom stereocenters. The monoisotopic (exact) mass is 275 g/mol. The van der Waals surface area contributed by atoms with E-state index in [9.17, 15) is 13.2 Å². The van der Waals surface area contributed by atoms with Gasteiger partial charge in [0.1, 0.15) is 6.54 Å². The van der Waals surface area contributed by atoms with Gasteiger partial charge in [-0.15, -0.1) is 6.42 Å². The lowest BCUT2D eigenvalue weighted by atomic mass is 9.99. The standard InChI is InChI=1S/C14H8F3N3/c1-2-10-3-4-12(13(7-10)14(15,16)17)11-8-19-20(9-11)6-5-18/h1,3-4,7-9H,6H2. The van der Waals surface area contributed by atoms with Crippen molar-refractivity contribution in [1.29, 1.82) is 5.26 Å². The van der Waals surface area contributed by atoms with E-state index in [1.165, 1.54) is 29.2 Å². The third-order valence-corrected chi connectivity index (χ3v) is 2.67. The smallest absolute Gasteiger partial charge is 0.258 e. The molecule has 0 spiro atoms. The van der Waals surface area contributed by atoms with Crippen LogP contribution in [0.4, 0.5) is 13.2 Å². The van der Waals surface area contributed by atoms with Gasteiger partial charge in [-0.2, -0.15) is 23.5 Å². The molecule has 0 bridgehead atoms. The quantitative estimate of drug-likeness (QED) is 0.790. The van der Waals surface area contributed by atoms with Gasteiger partial charge in [0.25, 0.3) is 0 Å². The third kappa shape index (κ3) is 2.65. The van der Waals surface area contributed by atoms with Crippen molar-refractivity contribution < 1.29 is 13.2 Å². The molecule has 0 aliphatic carbocycles. The zero-order chi connectivity index (χ0) is 14.8. The Hall–Kier alpha value is -2.73. The minimum absolute atomic E-state index is 0.0133. The number of halogens is 3. The summed E-state index contributed by atoms with van der Waals surface area (Å²) in [6, 6.07) is 5.54. The molecule has 0 N–H and O–H groups in total. The van der Waals surface area contributed by atoms with Gasteiger partial charge in [0.2, 0.25) is 0 Å². The van der Waals surface area contributed by atoms with Crippen LogP contribution in [-0.4, -0.2) is 9.78 Å². The lowest BCUT2D eigenvalue weighted by molar-refractivity contribution is -0.137. The Kier molecular flexibility index (Phi) is 3.49. The maximum absolute atomic E-state index is 13.1. The van der Waals surface area contributed by atoms with Gasteiger partial charge >= 0.3 is 6.18 Å². The second-order valence-electron chi connectivity index (χ2n) is 3.99. The molecule has 2 rings (SSSR count). The summed E-state index contributed by atoms with van der Waals surface area (Å²) in [6.07, 6.45) is 3.29. The Labute approximate surface area is 113 Å². The summed E-state index contributed by atoms with van der Waals surface area (Å²) in [4.78, 5) is 0. The highest BCUT2D eigenvalue weighted by Crippen LogP contribution is 2.37. The minimum atomic E-state index is -4.51. The molecule has 0 fully saturated rings. The van der Waals surface area contributed by atoms with E-state index < -0.39 is 11.7 Å². The first kappa shape index (κ1) is 13.7. The van der Waals surface area contributed by atoms with E-state index in [1.54, 1.807) is 0 Å². The van der Waals surface area contributed by atoms with Crippen molar-refractivity contribution >= 4 is 0 Å². The van der Waals surface area contributed by atoms with Gasteiger partial charge in [0, 0.05) is 17.3 Å². The van der Waals surface area contributed by atoms with Crippen LogP contribution < -0.4 is 0 Å². The number of hydrogen-bond donors (Lipinski definition) is 0. The maximum atomic E-state index is 13.1. The topological polar surface area (TPSA) is 41.6 Å². The van der Waals surface area contributed by atoms with Crippen LogP contribution in [0.1, 0.15) is 11.1 Å². The van der Waals surface area contributed by atoms with Crippen LogP contribution in [0.15, 0.2) is 30.6 Å². The predicted octanol–water partition coefficient (Wildman–Crippen LogP) is 3.07. The summed E-state index contributed by atoms with van der Waals surface area (Å²) < 4.78 is 40.4. The first-order valence-electron chi connectivity index (χ1n) is 5.53. The third-order valence-electron chi connectivity index (χ3n) is 2.67. The zero-order valence-electron chi connectivity index (χ0n) is 10.1. The molecule has 1 heterocycles. The van der Waals surface area contributed by atoms with E-state index >= 15 is 0 Å². The molecular weight excluding hydrogens is 267 g/mol. The first-order chi connectivity index (χ1) is 9.45. The van der Waals surface area contributed by atoms with E-state index in [1.807, 2.05) is 6.07 Å². The fourth-order valence-corrected chi connectivity index (χ4v) is 1.78. The van der Waals surface area contributed by atoms with Gasteiger partial charge in [0.15, 0.2) is 0 Å². The van der Waals surface area contributed by atoms with E-state index in [0.717, 1.165) is 6.07 Å². The molecule has 20 heavy (non-hydrogen) atoms. The normalized spacial score (nSPS) is 10.8. The summed E-state index contributed by atoms with van der Waals surface area (Å²) in [5.74, 6) is 2.18. The molecule has 100 valence electrons. The molecule has 0 amide bonds. The second kappa shape index (κ2) is 5.10. The summed E-state index contributed by atoms with van der Waals surface area (Å²) in [6.45, 7) is -0.0240. The van der Waals surface area contributed by atoms with Crippen molar-refractivity contribution in [2.45, 2.75) is 12.7 Å². The maximum Gasteiger partial charge on any atom is 0.417 e. The van der Waals surface area contributed by atoms with Crippen LogP contribution in [0, 0.1) is 23.7 Å². The Bertz CT molecular complexity index is 714. The highest BCUT2D eigenvalue weighted by atomic mass is 19.4. The molecule has 3 nitrogen and oxygen atoms in total. The van der Waals surface area contributed by atoms with E-state index in [0.29, 0.717) is 0 Å². The Morgan fingerprint density at radius 3 is 2.70 bits per heavy atom. The molecule has 0 radical (unpaired) electrons. The van der Waals surface area contributed by atoms with Gasteiger partial charge in [-0.05, 0) is 17.7 Å². The Morgan fingerprint density at radius 1 is 1.35 bits per heavy atom. The number of nitrogens with zero attached hydrogens (tertiary/aromatic N) is 3. The number of benzene rings is 1. The molecule has 0 aliphatic heterocycles. The number of rotatable bonds is 2. The minimum Gasteiger partial charge on any atom is -0.258 e. The first-order valence-corrected chi connectivity index (χ1v) is 5.53. The van der Waals surface area contributed by atoms with Crippen LogP contribution >= 0.6 is 0 Å². The van der Waals surface area contributed by atoms with Crippen LogP contribution in [0.3, 0.4) is 0 Å². The Morgan fingerprint density at radius 2 is 2.10 bits per heavy atom. The van der Waals surface area contributed by atoms with Crippen LogP contribution in [0.5, 0.6) is 0 Å². The molecule has 1 aromatic carbocycles. The fourth-order valence-electron chi connectivity index (χ4n) is 1.78. The number of aromatic nitrogens is 2. The zero-order valence-corrected chi connectivity index (χ0v) is 10.1. The average Bonchev–Trinajstić information content (AvgIpc) is 2.86. The highest BCUT2D eigenvalue weighted by Gasteiger charge is 2.34. The Balaban J connectivity index is 2.56. The van der Waals surface area contributed by atoms with Gasteiger partial charge in [0.05, 0.1) is 17.8 Å². The van der Waals surface area contributed by atoms with Crippen molar-refractivity contribution in [3.8, 4) is 29.5 Å². The molecule has 0 saturated heterocycles. The number of alkyl halides is 3. The van der Waals surface area contributed by atoms with Crippen molar-refractivity contribution in [2.75, 3.05) is 0 Å². The molecule has 2 aromatic rings. The number of hydrogen-bond acceptors (Lipinski definition) is 2. The molecular formula is C14H8F3N3. The number of terminal acetylenes is 1. The van der Waals surface area contributed by atoms with Crippen LogP contribution in [0.25, 0.3) is 11.1 Å².